The van der Waals surface area contributed by atoms with Gasteiger partial charge in [-0.15, -0.1) is 0 Å². The van der Waals surface area contributed by atoms with Crippen molar-refractivity contribution in [3.8, 4) is 0 Å². The number of aryl methyl sites for hydroxylation is 1. The van der Waals surface area contributed by atoms with E-state index in [4.69, 9.17) is 0 Å². The summed E-state index contributed by atoms with van der Waals surface area (Å²) in [6, 6.07) is 16.9. The number of hydrazone groups is 1. The van der Waals surface area contributed by atoms with Crippen molar-refractivity contribution in [3.05, 3.63) is 65.7 Å². The quantitative estimate of drug-likeness (QED) is 0.606. The molecule has 2 rings (SSSR count). The summed E-state index contributed by atoms with van der Waals surface area (Å²) in [5.41, 5.74) is 2.51. The number of para-hydroxylation sites is 1. The standard InChI is InChI=1S/C16H16N2O/c1-3-17-18(15-7-5-4-6-8-15)16(19)14-11-9-13(2)10-12-14/h3-12H,1-2H3/b17-3-. The normalized spacial score (nSPS) is 10.6. The van der Waals surface area contributed by atoms with Crippen LogP contribution in [0.4, 0.5) is 5.69 Å². The molecule has 0 saturated carbocycles. The molecule has 0 aliphatic rings. The summed E-state index contributed by atoms with van der Waals surface area (Å²) in [5, 5.41) is 5.56. The minimum atomic E-state index is -0.135. The molecule has 1 amide bonds. The van der Waals surface area contributed by atoms with Gasteiger partial charge in [-0.1, -0.05) is 35.9 Å². The zero-order chi connectivity index (χ0) is 13.7. The summed E-state index contributed by atoms with van der Waals surface area (Å²) in [5.74, 6) is -0.135. The van der Waals surface area contributed by atoms with Gasteiger partial charge in [0.05, 0.1) is 5.69 Å². The van der Waals surface area contributed by atoms with Crippen LogP contribution in [-0.4, -0.2) is 12.1 Å². The molecule has 2 aromatic rings. The van der Waals surface area contributed by atoms with Crippen molar-refractivity contribution in [3.63, 3.8) is 0 Å². The van der Waals surface area contributed by atoms with Crippen molar-refractivity contribution in [2.75, 3.05) is 5.01 Å². The average Bonchev–Trinajstić information content (AvgIpc) is 2.46. The van der Waals surface area contributed by atoms with Gasteiger partial charge in [0.25, 0.3) is 5.91 Å². The van der Waals surface area contributed by atoms with E-state index in [1.807, 2.05) is 61.5 Å². The smallest absolute Gasteiger partial charge is 0.267 e. The summed E-state index contributed by atoms with van der Waals surface area (Å²) in [6.45, 7) is 3.78. The fraction of sp³-hybridized carbons (Fsp3) is 0.125. The summed E-state index contributed by atoms with van der Waals surface area (Å²) in [6.07, 6.45) is 1.61. The second kappa shape index (κ2) is 5.96. The molecular weight excluding hydrogens is 236 g/mol. The van der Waals surface area contributed by atoms with Crippen molar-refractivity contribution in [1.29, 1.82) is 0 Å². The molecule has 0 aliphatic heterocycles. The lowest BCUT2D eigenvalue weighted by atomic mass is 10.1. The predicted molar refractivity (Wildman–Crippen MR) is 78.6 cm³/mol. The third-order valence-electron chi connectivity index (χ3n) is 2.72. The lowest BCUT2D eigenvalue weighted by Crippen LogP contribution is -2.25. The Balaban J connectivity index is 2.35. The molecule has 0 N–H and O–H groups in total. The molecule has 2 aromatic carbocycles. The molecule has 0 unspecified atom stereocenters. The molecule has 0 radical (unpaired) electrons. The number of anilines is 1. The third-order valence-corrected chi connectivity index (χ3v) is 2.72. The fourth-order valence-corrected chi connectivity index (χ4v) is 1.74. The summed E-state index contributed by atoms with van der Waals surface area (Å²) < 4.78 is 0. The molecule has 0 heterocycles. The maximum Gasteiger partial charge on any atom is 0.278 e. The molecule has 0 bridgehead atoms. The number of hydrogen-bond donors (Lipinski definition) is 0. The Hall–Kier alpha value is -2.42. The van der Waals surface area contributed by atoms with E-state index in [-0.39, 0.29) is 5.91 Å². The number of amides is 1. The van der Waals surface area contributed by atoms with Crippen LogP contribution < -0.4 is 5.01 Å². The second-order valence-electron chi connectivity index (χ2n) is 4.19. The first kappa shape index (κ1) is 13.0. The van der Waals surface area contributed by atoms with E-state index in [0.29, 0.717) is 5.56 Å². The topological polar surface area (TPSA) is 32.7 Å². The van der Waals surface area contributed by atoms with Crippen molar-refractivity contribution in [2.45, 2.75) is 13.8 Å². The lowest BCUT2D eigenvalue weighted by Gasteiger charge is -2.17. The highest BCUT2D eigenvalue weighted by Gasteiger charge is 2.16. The molecule has 3 nitrogen and oxygen atoms in total. The lowest BCUT2D eigenvalue weighted by molar-refractivity contribution is 0.0988. The second-order valence-corrected chi connectivity index (χ2v) is 4.19. The number of carbonyl (C=O) groups is 1. The highest BCUT2D eigenvalue weighted by molar-refractivity contribution is 6.06. The average molecular weight is 252 g/mol. The van der Waals surface area contributed by atoms with Gasteiger partial charge >= 0.3 is 0 Å². The van der Waals surface area contributed by atoms with Crippen LogP contribution in [0.25, 0.3) is 0 Å². The van der Waals surface area contributed by atoms with E-state index in [1.165, 1.54) is 5.01 Å². The van der Waals surface area contributed by atoms with Crippen LogP contribution in [-0.2, 0) is 0 Å². The van der Waals surface area contributed by atoms with E-state index < -0.39 is 0 Å². The third kappa shape index (κ3) is 3.07. The van der Waals surface area contributed by atoms with E-state index in [2.05, 4.69) is 5.10 Å². The van der Waals surface area contributed by atoms with Gasteiger partial charge in [-0.3, -0.25) is 4.79 Å². The molecule has 0 spiro atoms. The number of carbonyl (C=O) groups excluding carboxylic acids is 1. The fourth-order valence-electron chi connectivity index (χ4n) is 1.74. The first-order valence-electron chi connectivity index (χ1n) is 6.17. The Labute approximate surface area is 113 Å². The van der Waals surface area contributed by atoms with Gasteiger partial charge in [0.15, 0.2) is 0 Å². The summed E-state index contributed by atoms with van der Waals surface area (Å²) >= 11 is 0. The first-order chi connectivity index (χ1) is 9.22. The summed E-state index contributed by atoms with van der Waals surface area (Å²) in [7, 11) is 0. The molecule has 0 aliphatic carbocycles. The van der Waals surface area contributed by atoms with E-state index in [9.17, 15) is 4.79 Å². The van der Waals surface area contributed by atoms with Gasteiger partial charge in [-0.2, -0.15) is 10.1 Å². The molecule has 3 heteroatoms. The highest BCUT2D eigenvalue weighted by Crippen LogP contribution is 2.17. The minimum absolute atomic E-state index is 0.135. The van der Waals surface area contributed by atoms with Gasteiger partial charge in [-0.05, 0) is 38.1 Å². The number of nitrogens with zero attached hydrogens (tertiary/aromatic N) is 2. The van der Waals surface area contributed by atoms with Crippen LogP contribution in [0.1, 0.15) is 22.8 Å². The number of hydrogen-bond acceptors (Lipinski definition) is 2. The van der Waals surface area contributed by atoms with Crippen molar-refractivity contribution in [1.82, 2.24) is 0 Å². The van der Waals surface area contributed by atoms with E-state index >= 15 is 0 Å². The maximum atomic E-state index is 12.5. The van der Waals surface area contributed by atoms with Crippen LogP contribution in [0.2, 0.25) is 0 Å². The number of rotatable bonds is 3. The van der Waals surface area contributed by atoms with Gasteiger partial charge in [-0.25, -0.2) is 0 Å². The Bertz CT molecular complexity index is 573. The van der Waals surface area contributed by atoms with Crippen molar-refractivity contribution < 1.29 is 4.79 Å². The first-order valence-corrected chi connectivity index (χ1v) is 6.17. The predicted octanol–water partition coefficient (Wildman–Crippen LogP) is 3.65. The van der Waals surface area contributed by atoms with E-state index in [1.54, 1.807) is 13.1 Å². The molecule has 0 aromatic heterocycles. The van der Waals surface area contributed by atoms with Crippen LogP contribution in [0.5, 0.6) is 0 Å². The molecule has 0 fully saturated rings. The minimum Gasteiger partial charge on any atom is -0.267 e. The van der Waals surface area contributed by atoms with Crippen LogP contribution >= 0.6 is 0 Å². The Morgan fingerprint density at radius 3 is 2.26 bits per heavy atom. The Morgan fingerprint density at radius 1 is 1.05 bits per heavy atom. The Kier molecular flexibility index (Phi) is 4.08. The zero-order valence-electron chi connectivity index (χ0n) is 11.1. The van der Waals surface area contributed by atoms with E-state index in [0.717, 1.165) is 11.3 Å². The van der Waals surface area contributed by atoms with Crippen LogP contribution in [0.15, 0.2) is 59.7 Å². The molecule has 0 saturated heterocycles. The monoisotopic (exact) mass is 252 g/mol. The molecule has 0 atom stereocenters. The molecular formula is C16H16N2O. The molecule has 19 heavy (non-hydrogen) atoms. The zero-order valence-corrected chi connectivity index (χ0v) is 11.1. The Morgan fingerprint density at radius 2 is 1.68 bits per heavy atom. The van der Waals surface area contributed by atoms with Crippen molar-refractivity contribution in [2.24, 2.45) is 5.10 Å². The highest BCUT2D eigenvalue weighted by atomic mass is 16.2. The van der Waals surface area contributed by atoms with Gasteiger partial charge < -0.3 is 0 Å². The SMILES string of the molecule is C/C=N\N(C(=O)c1ccc(C)cc1)c1ccccc1. The number of benzene rings is 2. The van der Waals surface area contributed by atoms with Gasteiger partial charge in [0.1, 0.15) is 0 Å². The largest absolute Gasteiger partial charge is 0.278 e. The summed E-state index contributed by atoms with van der Waals surface area (Å²) in [4.78, 5) is 12.5. The molecule has 96 valence electrons. The van der Waals surface area contributed by atoms with Crippen LogP contribution in [0.3, 0.4) is 0 Å². The van der Waals surface area contributed by atoms with Gasteiger partial charge in [0.2, 0.25) is 0 Å². The van der Waals surface area contributed by atoms with Gasteiger partial charge in [0, 0.05) is 11.8 Å². The maximum absolute atomic E-state index is 12.5. The van der Waals surface area contributed by atoms with Crippen molar-refractivity contribution >= 4 is 17.8 Å². The van der Waals surface area contributed by atoms with Crippen LogP contribution in [0, 0.1) is 6.92 Å².